The summed E-state index contributed by atoms with van der Waals surface area (Å²) < 4.78 is 53.7. The lowest BCUT2D eigenvalue weighted by atomic mass is 10.1. The molecule has 9 heteroatoms. The molecule has 0 aliphatic heterocycles. The summed E-state index contributed by atoms with van der Waals surface area (Å²) >= 11 is 0. The predicted molar refractivity (Wildman–Crippen MR) is 104 cm³/mol. The molecule has 2 rings (SSSR count). The number of anilines is 1. The largest absolute Gasteiger partial charge is 0.493 e. The minimum Gasteiger partial charge on any atom is -0.493 e. The van der Waals surface area contributed by atoms with Crippen molar-refractivity contribution in [1.82, 2.24) is 0 Å². The number of para-hydroxylation sites is 1. The number of amides is 1. The van der Waals surface area contributed by atoms with Crippen LogP contribution in [0, 0.1) is 0 Å². The van der Waals surface area contributed by atoms with E-state index in [1.165, 1.54) is 39.4 Å². The summed E-state index contributed by atoms with van der Waals surface area (Å²) in [5.74, 6) is -0.692. The van der Waals surface area contributed by atoms with Gasteiger partial charge < -0.3 is 19.5 Å². The van der Waals surface area contributed by atoms with Gasteiger partial charge in [0.2, 0.25) is 0 Å². The van der Waals surface area contributed by atoms with Gasteiger partial charge in [0, 0.05) is 17.3 Å². The van der Waals surface area contributed by atoms with Gasteiger partial charge in [0.05, 0.1) is 19.8 Å². The van der Waals surface area contributed by atoms with E-state index in [4.69, 9.17) is 14.2 Å². The summed E-state index contributed by atoms with van der Waals surface area (Å²) in [6.45, 7) is 1.31. The maximum absolute atomic E-state index is 12.8. The van der Waals surface area contributed by atoms with Crippen LogP contribution in [0.5, 0.6) is 11.5 Å². The first-order chi connectivity index (χ1) is 14.2. The third-order valence-corrected chi connectivity index (χ3v) is 3.95. The second-order valence-electron chi connectivity index (χ2n) is 6.06. The van der Waals surface area contributed by atoms with Crippen LogP contribution in [0.2, 0.25) is 0 Å². The Balaban J connectivity index is 2.01. The lowest BCUT2D eigenvalue weighted by Gasteiger charge is -2.14. The molecule has 0 saturated carbocycles. The molecule has 1 N–H and O–H groups in total. The molecule has 2 aromatic rings. The van der Waals surface area contributed by atoms with Crippen molar-refractivity contribution in [1.29, 1.82) is 0 Å². The molecule has 0 aliphatic carbocycles. The van der Waals surface area contributed by atoms with Crippen molar-refractivity contribution < 1.29 is 37.0 Å². The molecule has 30 heavy (non-hydrogen) atoms. The summed E-state index contributed by atoms with van der Waals surface area (Å²) in [5.41, 5.74) is -0.413. The van der Waals surface area contributed by atoms with Crippen molar-refractivity contribution in [3.63, 3.8) is 0 Å². The average molecular weight is 423 g/mol. The number of alkyl halides is 3. The van der Waals surface area contributed by atoms with Gasteiger partial charge in [-0.1, -0.05) is 18.2 Å². The third-order valence-electron chi connectivity index (χ3n) is 3.95. The third kappa shape index (κ3) is 6.00. The molecule has 0 aliphatic rings. The Kier molecular flexibility index (Phi) is 7.46. The highest BCUT2D eigenvalue weighted by Gasteiger charge is 2.30. The Morgan fingerprint density at radius 2 is 1.77 bits per heavy atom. The van der Waals surface area contributed by atoms with Gasteiger partial charge in [0.1, 0.15) is 0 Å². The Hall–Kier alpha value is -3.49. The number of nitrogens with one attached hydrogen (secondary N) is 1. The molecule has 6 nitrogen and oxygen atoms in total. The molecule has 0 saturated heterocycles. The fourth-order valence-electron chi connectivity index (χ4n) is 2.49. The minimum absolute atomic E-state index is 0.0608. The van der Waals surface area contributed by atoms with Gasteiger partial charge in [-0.3, -0.25) is 4.79 Å². The summed E-state index contributed by atoms with van der Waals surface area (Å²) in [4.78, 5) is 24.2. The van der Waals surface area contributed by atoms with Crippen LogP contribution in [0.1, 0.15) is 18.1 Å². The van der Waals surface area contributed by atoms with Gasteiger partial charge in [0.15, 0.2) is 17.6 Å². The molecular formula is C21H20F3NO5. The van der Waals surface area contributed by atoms with Crippen molar-refractivity contribution in [2.24, 2.45) is 0 Å². The van der Waals surface area contributed by atoms with E-state index in [1.807, 2.05) is 0 Å². The van der Waals surface area contributed by atoms with E-state index in [0.717, 1.165) is 18.2 Å². The number of carbonyl (C=O) groups is 2. The Morgan fingerprint density at radius 1 is 1.07 bits per heavy atom. The average Bonchev–Trinajstić information content (AvgIpc) is 2.71. The fourth-order valence-corrected chi connectivity index (χ4v) is 2.49. The Labute approximate surface area is 171 Å². The minimum atomic E-state index is -4.54. The van der Waals surface area contributed by atoms with E-state index < -0.39 is 29.7 Å². The zero-order chi connectivity index (χ0) is 22.3. The van der Waals surface area contributed by atoms with Crippen LogP contribution in [0.4, 0.5) is 18.9 Å². The molecule has 0 radical (unpaired) electrons. The van der Waals surface area contributed by atoms with E-state index in [0.29, 0.717) is 17.1 Å². The molecule has 0 unspecified atom stereocenters. The molecule has 1 atom stereocenters. The molecule has 1 amide bonds. The molecule has 0 aromatic heterocycles. The SMILES string of the molecule is COc1cccc(/C=C/C(=O)O[C@@H](C)C(=O)Nc2cccc(C(F)(F)F)c2)c1OC. The monoisotopic (exact) mass is 423 g/mol. The van der Waals surface area contributed by atoms with Crippen LogP contribution in [-0.4, -0.2) is 32.2 Å². The number of hydrogen-bond donors (Lipinski definition) is 1. The molecule has 0 spiro atoms. The van der Waals surface area contributed by atoms with Crippen LogP contribution in [0.3, 0.4) is 0 Å². The number of esters is 1. The summed E-state index contributed by atoms with van der Waals surface area (Å²) in [5, 5.41) is 2.29. The number of rotatable bonds is 7. The van der Waals surface area contributed by atoms with Crippen molar-refractivity contribution in [3.05, 3.63) is 59.7 Å². The highest BCUT2D eigenvalue weighted by atomic mass is 19.4. The van der Waals surface area contributed by atoms with E-state index in [-0.39, 0.29) is 5.69 Å². The van der Waals surface area contributed by atoms with Crippen LogP contribution in [-0.2, 0) is 20.5 Å². The first-order valence-electron chi connectivity index (χ1n) is 8.73. The van der Waals surface area contributed by atoms with Crippen LogP contribution >= 0.6 is 0 Å². The van der Waals surface area contributed by atoms with E-state index in [9.17, 15) is 22.8 Å². The molecule has 160 valence electrons. The number of benzene rings is 2. The van der Waals surface area contributed by atoms with Gasteiger partial charge >= 0.3 is 12.1 Å². The van der Waals surface area contributed by atoms with Crippen molar-refractivity contribution >= 4 is 23.6 Å². The van der Waals surface area contributed by atoms with Crippen molar-refractivity contribution in [3.8, 4) is 11.5 Å². The maximum Gasteiger partial charge on any atom is 0.416 e. The van der Waals surface area contributed by atoms with E-state index in [2.05, 4.69) is 5.32 Å². The first kappa shape index (κ1) is 22.8. The highest BCUT2D eigenvalue weighted by Crippen LogP contribution is 2.32. The number of methoxy groups -OCH3 is 2. The number of hydrogen-bond acceptors (Lipinski definition) is 5. The lowest BCUT2D eigenvalue weighted by Crippen LogP contribution is -2.29. The second kappa shape index (κ2) is 9.82. The topological polar surface area (TPSA) is 73.9 Å². The van der Waals surface area contributed by atoms with Gasteiger partial charge in [-0.15, -0.1) is 0 Å². The lowest BCUT2D eigenvalue weighted by molar-refractivity contribution is -0.148. The smallest absolute Gasteiger partial charge is 0.416 e. The normalized spacial score (nSPS) is 12.3. The summed E-state index contributed by atoms with van der Waals surface area (Å²) in [7, 11) is 2.93. The van der Waals surface area contributed by atoms with Gasteiger partial charge in [-0.05, 0) is 37.3 Å². The maximum atomic E-state index is 12.8. The summed E-state index contributed by atoms with van der Waals surface area (Å²) in [6.07, 6.45) is -3.24. The van der Waals surface area contributed by atoms with Crippen LogP contribution in [0.25, 0.3) is 6.08 Å². The summed E-state index contributed by atoms with van der Waals surface area (Å²) in [6, 6.07) is 9.23. The van der Waals surface area contributed by atoms with Gasteiger partial charge in [-0.2, -0.15) is 13.2 Å². The molecule has 0 heterocycles. The van der Waals surface area contributed by atoms with E-state index >= 15 is 0 Å². The number of ether oxygens (including phenoxy) is 3. The molecule has 0 fully saturated rings. The van der Waals surface area contributed by atoms with Crippen LogP contribution < -0.4 is 14.8 Å². The number of halogens is 3. The fraction of sp³-hybridized carbons (Fsp3) is 0.238. The first-order valence-corrected chi connectivity index (χ1v) is 8.73. The van der Waals surface area contributed by atoms with Crippen molar-refractivity contribution in [2.75, 3.05) is 19.5 Å². The van der Waals surface area contributed by atoms with Crippen molar-refractivity contribution in [2.45, 2.75) is 19.2 Å². The standard InChI is InChI=1S/C21H20F3NO5/c1-13(20(27)25-16-8-5-7-15(12-16)21(22,23)24)30-18(26)11-10-14-6-4-9-17(28-2)19(14)29-3/h4-13H,1-3H3,(H,25,27)/b11-10+/t13-/m0/s1. The quantitative estimate of drug-likeness (QED) is 0.531. The van der Waals surface area contributed by atoms with Gasteiger partial charge in [-0.25, -0.2) is 4.79 Å². The molecule has 2 aromatic carbocycles. The zero-order valence-electron chi connectivity index (χ0n) is 16.4. The predicted octanol–water partition coefficient (Wildman–Crippen LogP) is 4.31. The Morgan fingerprint density at radius 3 is 2.40 bits per heavy atom. The zero-order valence-corrected chi connectivity index (χ0v) is 16.4. The second-order valence-corrected chi connectivity index (χ2v) is 6.06. The molecule has 0 bridgehead atoms. The molecular weight excluding hydrogens is 403 g/mol. The highest BCUT2D eigenvalue weighted by molar-refractivity contribution is 5.96. The number of carbonyl (C=O) groups excluding carboxylic acids is 2. The Bertz CT molecular complexity index is 940. The van der Waals surface area contributed by atoms with Gasteiger partial charge in [0.25, 0.3) is 5.91 Å². The van der Waals surface area contributed by atoms with E-state index in [1.54, 1.807) is 18.2 Å². The van der Waals surface area contributed by atoms with Crippen LogP contribution in [0.15, 0.2) is 48.5 Å².